The Bertz CT molecular complexity index is 434. The molecule has 1 N–H and O–H groups in total. The first-order valence-electron chi connectivity index (χ1n) is 5.05. The van der Waals surface area contributed by atoms with Crippen molar-refractivity contribution in [2.75, 3.05) is 6.54 Å². The molecule has 0 aromatic carbocycles. The Balaban J connectivity index is 0.00000144. The molecule has 0 bridgehead atoms. The van der Waals surface area contributed by atoms with E-state index in [1.54, 1.807) is 17.5 Å². The highest BCUT2D eigenvalue weighted by molar-refractivity contribution is 7.09. The minimum atomic E-state index is 0. The van der Waals surface area contributed by atoms with Crippen LogP contribution < -0.4 is 5.32 Å². The molecule has 0 aliphatic heterocycles. The molecule has 2 heterocycles. The van der Waals surface area contributed by atoms with Gasteiger partial charge in [-0.25, -0.2) is 9.97 Å². The molecule has 17 heavy (non-hydrogen) atoms. The third kappa shape index (κ3) is 4.60. The van der Waals surface area contributed by atoms with Crippen molar-refractivity contribution in [1.29, 1.82) is 0 Å². The van der Waals surface area contributed by atoms with E-state index in [1.807, 2.05) is 23.7 Å². The summed E-state index contributed by atoms with van der Waals surface area (Å²) in [5, 5.41) is 7.05. The number of hydrogen-bond acceptors (Lipinski definition) is 4. The molecule has 0 radical (unpaired) electrons. The van der Waals surface area contributed by atoms with Crippen LogP contribution in [0.4, 0.5) is 0 Å². The Morgan fingerprint density at radius 1 is 1.29 bits per heavy atom. The van der Waals surface area contributed by atoms with Gasteiger partial charge in [-0.2, -0.15) is 0 Å². The second kappa shape index (κ2) is 7.61. The summed E-state index contributed by atoms with van der Waals surface area (Å²) in [6, 6.07) is 3.87. The highest BCUT2D eigenvalue weighted by Gasteiger charge is 2.00. The summed E-state index contributed by atoms with van der Waals surface area (Å²) in [5.74, 6) is 0. The lowest BCUT2D eigenvalue weighted by molar-refractivity contribution is 0.684. The van der Waals surface area contributed by atoms with E-state index < -0.39 is 0 Å². The Kier molecular flexibility index (Phi) is 6.44. The van der Waals surface area contributed by atoms with Crippen LogP contribution in [0.3, 0.4) is 0 Å². The summed E-state index contributed by atoms with van der Waals surface area (Å²) in [6.07, 6.45) is 4.48. The maximum Gasteiger partial charge on any atom is 0.133 e. The number of hydrogen-bond donors (Lipinski definition) is 1. The molecule has 0 saturated carbocycles. The van der Waals surface area contributed by atoms with Gasteiger partial charge in [-0.1, -0.05) is 17.7 Å². The van der Waals surface area contributed by atoms with Crippen molar-refractivity contribution < 1.29 is 0 Å². The zero-order valence-corrected chi connectivity index (χ0v) is 11.5. The van der Waals surface area contributed by atoms with E-state index in [4.69, 9.17) is 11.6 Å². The van der Waals surface area contributed by atoms with Gasteiger partial charge in [0, 0.05) is 42.8 Å². The predicted molar refractivity (Wildman–Crippen MR) is 74.0 cm³/mol. The van der Waals surface area contributed by atoms with E-state index in [0.717, 1.165) is 30.1 Å². The van der Waals surface area contributed by atoms with Crippen LogP contribution >= 0.6 is 35.3 Å². The maximum atomic E-state index is 5.94. The molecule has 0 unspecified atom stereocenters. The van der Waals surface area contributed by atoms with Crippen molar-refractivity contribution in [3.8, 4) is 0 Å². The molecular formula is C11H13Cl2N3S. The smallest absolute Gasteiger partial charge is 0.133 e. The van der Waals surface area contributed by atoms with Gasteiger partial charge in [-0.15, -0.1) is 23.7 Å². The topological polar surface area (TPSA) is 37.8 Å². The van der Waals surface area contributed by atoms with Crippen molar-refractivity contribution in [3.63, 3.8) is 0 Å². The van der Waals surface area contributed by atoms with E-state index in [0.29, 0.717) is 5.15 Å². The Labute approximate surface area is 116 Å². The molecule has 2 aromatic heterocycles. The molecule has 0 aliphatic rings. The number of rotatable bonds is 5. The molecule has 0 amide bonds. The lowest BCUT2D eigenvalue weighted by atomic mass is 10.3. The molecule has 92 valence electrons. The fourth-order valence-corrected chi connectivity index (χ4v) is 2.15. The molecule has 3 nitrogen and oxygen atoms in total. The Morgan fingerprint density at radius 3 is 2.88 bits per heavy atom. The molecule has 2 rings (SSSR count). The van der Waals surface area contributed by atoms with Crippen molar-refractivity contribution in [2.45, 2.75) is 13.0 Å². The molecular weight excluding hydrogens is 277 g/mol. The molecule has 6 heteroatoms. The van der Waals surface area contributed by atoms with E-state index in [1.165, 1.54) is 0 Å². The van der Waals surface area contributed by atoms with Crippen LogP contribution in [-0.4, -0.2) is 16.5 Å². The fourth-order valence-electron chi connectivity index (χ4n) is 1.35. The highest BCUT2D eigenvalue weighted by atomic mass is 35.5. The number of halogens is 2. The quantitative estimate of drug-likeness (QED) is 0.679. The van der Waals surface area contributed by atoms with Gasteiger partial charge in [0.05, 0.1) is 5.01 Å². The van der Waals surface area contributed by atoms with Gasteiger partial charge >= 0.3 is 0 Å². The normalized spacial score (nSPS) is 9.94. The number of thiazole rings is 1. The summed E-state index contributed by atoms with van der Waals surface area (Å²) in [7, 11) is 0. The first-order valence-corrected chi connectivity index (χ1v) is 6.30. The van der Waals surface area contributed by atoms with Crippen LogP contribution in [0.15, 0.2) is 29.9 Å². The zero-order valence-electron chi connectivity index (χ0n) is 9.10. The van der Waals surface area contributed by atoms with Gasteiger partial charge in [0.2, 0.25) is 0 Å². The average molecular weight is 290 g/mol. The van der Waals surface area contributed by atoms with Crippen molar-refractivity contribution >= 4 is 35.3 Å². The molecule has 0 spiro atoms. The lowest BCUT2D eigenvalue weighted by Gasteiger charge is -2.04. The van der Waals surface area contributed by atoms with Crippen molar-refractivity contribution in [3.05, 3.63) is 45.6 Å². The summed E-state index contributed by atoms with van der Waals surface area (Å²) in [5.41, 5.74) is 1.03. The lowest BCUT2D eigenvalue weighted by Crippen LogP contribution is -2.17. The largest absolute Gasteiger partial charge is 0.312 e. The van der Waals surface area contributed by atoms with Gasteiger partial charge in [0.1, 0.15) is 5.15 Å². The average Bonchev–Trinajstić information content (AvgIpc) is 2.79. The summed E-state index contributed by atoms with van der Waals surface area (Å²) in [6.45, 7) is 1.65. The minimum absolute atomic E-state index is 0. The third-order valence-corrected chi connectivity index (χ3v) is 3.33. The first-order chi connectivity index (χ1) is 7.86. The summed E-state index contributed by atoms with van der Waals surface area (Å²) < 4.78 is 0. The fraction of sp³-hybridized carbons (Fsp3) is 0.273. The zero-order chi connectivity index (χ0) is 11.2. The molecule has 0 aliphatic carbocycles. The number of pyridine rings is 1. The molecule has 2 aromatic rings. The second-order valence-electron chi connectivity index (χ2n) is 3.31. The van der Waals surface area contributed by atoms with E-state index in [2.05, 4.69) is 15.3 Å². The van der Waals surface area contributed by atoms with Crippen LogP contribution in [0.5, 0.6) is 0 Å². The number of nitrogens with one attached hydrogen (secondary N) is 1. The van der Waals surface area contributed by atoms with Crippen LogP contribution in [-0.2, 0) is 13.0 Å². The molecule has 0 saturated heterocycles. The van der Waals surface area contributed by atoms with Crippen LogP contribution in [0.2, 0.25) is 5.15 Å². The molecule has 0 atom stereocenters. The Morgan fingerprint density at radius 2 is 2.18 bits per heavy atom. The van der Waals surface area contributed by atoms with Crippen LogP contribution in [0.1, 0.15) is 10.6 Å². The van der Waals surface area contributed by atoms with Gasteiger partial charge in [0.15, 0.2) is 0 Å². The van der Waals surface area contributed by atoms with E-state index in [9.17, 15) is 0 Å². The van der Waals surface area contributed by atoms with Gasteiger partial charge in [0.25, 0.3) is 0 Å². The van der Waals surface area contributed by atoms with Gasteiger partial charge < -0.3 is 5.32 Å². The first kappa shape index (κ1) is 14.4. The standard InChI is InChI=1S/C11H12ClN3S.ClH/c12-11-9(2-1-4-15-11)8-13-5-3-10-14-6-7-16-10;/h1-2,4,6-7,13H,3,5,8H2;1H. The maximum absolute atomic E-state index is 5.94. The van der Waals surface area contributed by atoms with Crippen LogP contribution in [0.25, 0.3) is 0 Å². The molecule has 0 fully saturated rings. The van der Waals surface area contributed by atoms with E-state index >= 15 is 0 Å². The minimum Gasteiger partial charge on any atom is -0.312 e. The van der Waals surface area contributed by atoms with Gasteiger partial charge in [-0.05, 0) is 6.07 Å². The van der Waals surface area contributed by atoms with Gasteiger partial charge in [-0.3, -0.25) is 0 Å². The summed E-state index contributed by atoms with van der Waals surface area (Å²) in [4.78, 5) is 8.24. The SMILES string of the molecule is Cl.Clc1ncccc1CNCCc1nccs1. The Hall–Kier alpha value is -0.680. The second-order valence-corrected chi connectivity index (χ2v) is 4.64. The van der Waals surface area contributed by atoms with E-state index in [-0.39, 0.29) is 12.4 Å². The number of nitrogens with zero attached hydrogens (tertiary/aromatic N) is 2. The monoisotopic (exact) mass is 289 g/mol. The summed E-state index contributed by atoms with van der Waals surface area (Å²) >= 11 is 7.62. The predicted octanol–water partition coefficient (Wildman–Crippen LogP) is 2.95. The number of aromatic nitrogens is 2. The third-order valence-electron chi connectivity index (χ3n) is 2.15. The van der Waals surface area contributed by atoms with Crippen LogP contribution in [0, 0.1) is 0 Å². The van der Waals surface area contributed by atoms with Crippen molar-refractivity contribution in [2.24, 2.45) is 0 Å². The highest BCUT2D eigenvalue weighted by Crippen LogP contribution is 2.10. The van der Waals surface area contributed by atoms with Crippen molar-refractivity contribution in [1.82, 2.24) is 15.3 Å².